The number of benzene rings is 2. The maximum atomic E-state index is 12.8. The lowest BCUT2D eigenvalue weighted by atomic mass is 9.98. The molecule has 25 heavy (non-hydrogen) atoms. The van der Waals surface area contributed by atoms with E-state index in [0.717, 1.165) is 33.7 Å². The van der Waals surface area contributed by atoms with Gasteiger partial charge in [0.2, 0.25) is 0 Å². The van der Waals surface area contributed by atoms with Crippen LogP contribution in [0.1, 0.15) is 55.4 Å². The number of hydrogen-bond acceptors (Lipinski definition) is 2. The van der Waals surface area contributed by atoms with Gasteiger partial charge in [-0.15, -0.1) is 0 Å². The molecule has 0 fully saturated rings. The quantitative estimate of drug-likeness (QED) is 0.751. The normalized spacial score (nSPS) is 12.1. The highest BCUT2D eigenvalue weighted by Gasteiger charge is 2.21. The minimum atomic E-state index is -0.513. The fourth-order valence-electron chi connectivity index (χ4n) is 3.03. The van der Waals surface area contributed by atoms with Gasteiger partial charge in [-0.25, -0.2) is 0 Å². The second kappa shape index (κ2) is 8.19. The Kier molecular flexibility index (Phi) is 6.24. The van der Waals surface area contributed by atoms with Gasteiger partial charge in [0.1, 0.15) is 5.75 Å². The van der Waals surface area contributed by atoms with E-state index in [2.05, 4.69) is 31.3 Å². The van der Waals surface area contributed by atoms with Crippen LogP contribution in [-0.4, -0.2) is 12.0 Å². The van der Waals surface area contributed by atoms with E-state index < -0.39 is 6.10 Å². The molecule has 1 N–H and O–H groups in total. The zero-order valence-electron chi connectivity index (χ0n) is 16.1. The molecule has 3 heteroatoms. The van der Waals surface area contributed by atoms with Crippen LogP contribution in [-0.2, 0) is 4.79 Å². The second-order valence-corrected chi connectivity index (χ2v) is 7.02. The summed E-state index contributed by atoms with van der Waals surface area (Å²) in [6, 6.07) is 12.2. The van der Waals surface area contributed by atoms with Crippen molar-refractivity contribution >= 4 is 11.6 Å². The number of carbonyl (C=O) groups is 1. The Morgan fingerprint density at radius 3 is 2.28 bits per heavy atom. The van der Waals surface area contributed by atoms with Crippen molar-refractivity contribution in [3.8, 4) is 5.75 Å². The highest BCUT2D eigenvalue weighted by Crippen LogP contribution is 2.28. The molecule has 0 heterocycles. The molecule has 0 aliphatic carbocycles. The molecule has 0 spiro atoms. The molecule has 2 rings (SSSR count). The highest BCUT2D eigenvalue weighted by atomic mass is 16.5. The van der Waals surface area contributed by atoms with Gasteiger partial charge in [-0.3, -0.25) is 4.79 Å². The monoisotopic (exact) mass is 339 g/mol. The molecule has 134 valence electrons. The number of amides is 1. The van der Waals surface area contributed by atoms with Crippen LogP contribution >= 0.6 is 0 Å². The lowest BCUT2D eigenvalue weighted by Crippen LogP contribution is -2.33. The average molecular weight is 339 g/mol. The van der Waals surface area contributed by atoms with Gasteiger partial charge in [-0.05, 0) is 67.5 Å². The molecule has 2 aromatic rings. The van der Waals surface area contributed by atoms with Crippen molar-refractivity contribution in [2.24, 2.45) is 0 Å². The van der Waals surface area contributed by atoms with Gasteiger partial charge < -0.3 is 10.1 Å². The largest absolute Gasteiger partial charge is 0.481 e. The highest BCUT2D eigenvalue weighted by molar-refractivity contribution is 5.95. The number of rotatable bonds is 6. The van der Waals surface area contributed by atoms with Gasteiger partial charge in [0.15, 0.2) is 6.10 Å². The van der Waals surface area contributed by atoms with Crippen molar-refractivity contribution < 1.29 is 9.53 Å². The van der Waals surface area contributed by atoms with Crippen LogP contribution in [0, 0.1) is 20.8 Å². The zero-order chi connectivity index (χ0) is 18.6. The third-order valence-corrected chi connectivity index (χ3v) is 4.31. The van der Waals surface area contributed by atoms with Gasteiger partial charge in [-0.1, -0.05) is 45.0 Å². The summed E-state index contributed by atoms with van der Waals surface area (Å²) in [7, 11) is 0. The van der Waals surface area contributed by atoms with E-state index in [1.54, 1.807) is 0 Å². The van der Waals surface area contributed by atoms with Gasteiger partial charge in [-0.2, -0.15) is 0 Å². The van der Waals surface area contributed by atoms with Crippen LogP contribution < -0.4 is 10.1 Å². The van der Waals surface area contributed by atoms with E-state index in [4.69, 9.17) is 4.74 Å². The molecule has 1 atom stereocenters. The fourth-order valence-corrected chi connectivity index (χ4v) is 3.03. The number of hydrogen-bond donors (Lipinski definition) is 1. The van der Waals surface area contributed by atoms with Crippen LogP contribution in [0.3, 0.4) is 0 Å². The number of para-hydroxylation sites is 1. The zero-order valence-corrected chi connectivity index (χ0v) is 16.1. The minimum absolute atomic E-state index is 0.0992. The Balaban J connectivity index is 2.21. The van der Waals surface area contributed by atoms with E-state index in [0.29, 0.717) is 12.3 Å². The van der Waals surface area contributed by atoms with E-state index in [1.165, 1.54) is 0 Å². The Morgan fingerprint density at radius 2 is 1.72 bits per heavy atom. The number of anilines is 1. The Hall–Kier alpha value is -2.29. The van der Waals surface area contributed by atoms with Crippen LogP contribution in [0.2, 0.25) is 0 Å². The summed E-state index contributed by atoms with van der Waals surface area (Å²) in [6.07, 6.45) is 0.0997. The van der Waals surface area contributed by atoms with Gasteiger partial charge in [0.25, 0.3) is 5.91 Å². The molecule has 0 aliphatic rings. The van der Waals surface area contributed by atoms with Crippen molar-refractivity contribution in [2.75, 3.05) is 5.32 Å². The minimum Gasteiger partial charge on any atom is -0.481 e. The average Bonchev–Trinajstić information content (AvgIpc) is 2.53. The molecular formula is C22H29NO2. The van der Waals surface area contributed by atoms with Crippen molar-refractivity contribution in [1.82, 2.24) is 0 Å². The summed E-state index contributed by atoms with van der Waals surface area (Å²) in [6.45, 7) is 12.3. The predicted molar refractivity (Wildman–Crippen MR) is 105 cm³/mol. The first-order valence-corrected chi connectivity index (χ1v) is 8.97. The number of aryl methyl sites for hydroxylation is 3. The van der Waals surface area contributed by atoms with Crippen LogP contribution in [0.15, 0.2) is 36.4 Å². The molecule has 0 saturated carbocycles. The first kappa shape index (κ1) is 19.0. The van der Waals surface area contributed by atoms with Crippen LogP contribution in [0.5, 0.6) is 5.75 Å². The third kappa shape index (κ3) is 4.85. The fraction of sp³-hybridized carbons (Fsp3) is 0.409. The van der Waals surface area contributed by atoms with Crippen molar-refractivity contribution in [3.63, 3.8) is 0 Å². The number of carbonyl (C=O) groups excluding carboxylic acids is 1. The first-order valence-electron chi connectivity index (χ1n) is 8.97. The summed E-state index contributed by atoms with van der Waals surface area (Å²) in [4.78, 5) is 12.8. The lowest BCUT2D eigenvalue weighted by molar-refractivity contribution is -0.122. The second-order valence-electron chi connectivity index (χ2n) is 7.02. The molecule has 1 amide bonds. The maximum Gasteiger partial charge on any atom is 0.265 e. The van der Waals surface area contributed by atoms with Crippen molar-refractivity contribution in [2.45, 2.75) is 60.0 Å². The molecule has 0 aliphatic heterocycles. The summed E-state index contributed by atoms with van der Waals surface area (Å²) in [5, 5.41) is 3.10. The topological polar surface area (TPSA) is 38.3 Å². The summed E-state index contributed by atoms with van der Waals surface area (Å²) < 4.78 is 5.99. The Bertz CT molecular complexity index is 729. The van der Waals surface area contributed by atoms with Crippen molar-refractivity contribution in [3.05, 3.63) is 58.7 Å². The molecule has 0 radical (unpaired) electrons. The molecule has 0 saturated heterocycles. The molecule has 3 nitrogen and oxygen atoms in total. The van der Waals surface area contributed by atoms with E-state index in [-0.39, 0.29) is 5.91 Å². The summed E-state index contributed by atoms with van der Waals surface area (Å²) >= 11 is 0. The van der Waals surface area contributed by atoms with E-state index in [1.807, 2.05) is 52.0 Å². The summed E-state index contributed by atoms with van der Waals surface area (Å²) in [5.41, 5.74) is 5.39. The van der Waals surface area contributed by atoms with Crippen molar-refractivity contribution in [1.29, 1.82) is 0 Å². The Labute approximate surface area is 151 Å². The molecule has 2 aromatic carbocycles. The maximum absolute atomic E-state index is 12.8. The molecule has 0 unspecified atom stereocenters. The van der Waals surface area contributed by atoms with Gasteiger partial charge >= 0.3 is 0 Å². The third-order valence-electron chi connectivity index (χ3n) is 4.31. The van der Waals surface area contributed by atoms with Crippen LogP contribution in [0.25, 0.3) is 0 Å². The molecule has 0 aromatic heterocycles. The molecular weight excluding hydrogens is 310 g/mol. The van der Waals surface area contributed by atoms with E-state index in [9.17, 15) is 4.79 Å². The smallest absolute Gasteiger partial charge is 0.265 e. The number of ether oxygens (including phenoxy) is 1. The SMILES string of the molecule is CC[C@@H](Oc1cc(C)cc(C)c1)C(=O)Nc1c(C)cccc1C(C)C. The predicted octanol–water partition coefficient (Wildman–Crippen LogP) is 5.53. The van der Waals surface area contributed by atoms with E-state index >= 15 is 0 Å². The first-order chi connectivity index (χ1) is 11.8. The number of nitrogens with one attached hydrogen (secondary N) is 1. The standard InChI is InChI=1S/C22H29NO2/c1-7-20(25-18-12-15(4)11-16(5)13-18)22(24)23-21-17(6)9-8-10-19(21)14(2)3/h8-14,20H,7H2,1-6H3,(H,23,24)/t20-/m1/s1. The lowest BCUT2D eigenvalue weighted by Gasteiger charge is -2.21. The van der Waals surface area contributed by atoms with Crippen LogP contribution in [0.4, 0.5) is 5.69 Å². The van der Waals surface area contributed by atoms with Gasteiger partial charge in [0, 0.05) is 5.69 Å². The van der Waals surface area contributed by atoms with Gasteiger partial charge in [0.05, 0.1) is 0 Å². The Morgan fingerprint density at radius 1 is 1.08 bits per heavy atom. The summed E-state index contributed by atoms with van der Waals surface area (Å²) in [5.74, 6) is 0.988. The molecule has 0 bridgehead atoms.